The molecule has 33 heavy (non-hydrogen) atoms. The fourth-order valence-electron chi connectivity index (χ4n) is 4.40. The van der Waals surface area contributed by atoms with E-state index >= 15 is 0 Å². The number of aliphatic hydroxyl groups is 1. The molecule has 1 aromatic heterocycles. The van der Waals surface area contributed by atoms with Crippen molar-refractivity contribution in [2.45, 2.75) is 43.9 Å². The van der Waals surface area contributed by atoms with Gasteiger partial charge >= 0.3 is 5.92 Å². The first-order valence-electron chi connectivity index (χ1n) is 10.8. The lowest BCUT2D eigenvalue weighted by molar-refractivity contribution is -0.0983. The molecule has 0 radical (unpaired) electrons. The van der Waals surface area contributed by atoms with Crippen LogP contribution in [0.5, 0.6) is 5.75 Å². The number of hydrogen-bond acceptors (Lipinski definition) is 8. The van der Waals surface area contributed by atoms with Crippen molar-refractivity contribution in [2.24, 2.45) is 0 Å². The number of aliphatic hydroxyl groups excluding tert-OH is 1. The number of nitrogens with zero attached hydrogens (tertiary/aromatic N) is 4. The van der Waals surface area contributed by atoms with Crippen molar-refractivity contribution in [1.82, 2.24) is 15.3 Å². The van der Waals surface area contributed by atoms with Crippen LogP contribution in [0.15, 0.2) is 24.4 Å². The molecule has 4 rings (SSSR count). The van der Waals surface area contributed by atoms with E-state index in [4.69, 9.17) is 4.74 Å². The van der Waals surface area contributed by atoms with Gasteiger partial charge in [-0.3, -0.25) is 4.79 Å². The lowest BCUT2D eigenvalue weighted by atomic mass is 10.1. The van der Waals surface area contributed by atoms with Crippen LogP contribution in [0.4, 0.5) is 31.9 Å². The molecule has 1 aliphatic heterocycles. The van der Waals surface area contributed by atoms with Crippen LogP contribution in [0, 0.1) is 0 Å². The molecule has 2 aromatic rings. The van der Waals surface area contributed by atoms with Crippen LogP contribution < -0.4 is 25.2 Å². The summed E-state index contributed by atoms with van der Waals surface area (Å²) >= 11 is 0. The Labute approximate surface area is 190 Å². The molecule has 1 saturated carbocycles. The first-order valence-corrected chi connectivity index (χ1v) is 10.8. The van der Waals surface area contributed by atoms with Gasteiger partial charge in [-0.15, -0.1) is 0 Å². The van der Waals surface area contributed by atoms with E-state index in [9.17, 15) is 18.7 Å². The third-order valence-corrected chi connectivity index (χ3v) is 6.23. The van der Waals surface area contributed by atoms with E-state index in [2.05, 4.69) is 20.6 Å². The second kappa shape index (κ2) is 8.97. The molecule has 1 aliphatic carbocycles. The van der Waals surface area contributed by atoms with Gasteiger partial charge in [0.25, 0.3) is 5.91 Å². The normalized spacial score (nSPS) is 20.2. The van der Waals surface area contributed by atoms with Crippen LogP contribution in [0.3, 0.4) is 0 Å². The monoisotopic (exact) mass is 462 g/mol. The van der Waals surface area contributed by atoms with Crippen molar-refractivity contribution in [2.75, 3.05) is 42.9 Å². The molecular weight excluding hydrogens is 434 g/mol. The van der Waals surface area contributed by atoms with E-state index in [-0.39, 0.29) is 17.9 Å². The number of carbonyl (C=O) groups excluding carboxylic acids is 1. The van der Waals surface area contributed by atoms with Crippen LogP contribution in [0.25, 0.3) is 0 Å². The zero-order chi connectivity index (χ0) is 23.8. The molecule has 0 spiro atoms. The number of halogens is 2. The third-order valence-electron chi connectivity index (χ3n) is 6.23. The minimum absolute atomic E-state index is 0.0857. The van der Waals surface area contributed by atoms with Crippen molar-refractivity contribution in [3.8, 4) is 5.75 Å². The summed E-state index contributed by atoms with van der Waals surface area (Å²) in [4.78, 5) is 23.5. The maximum absolute atomic E-state index is 14.8. The second-order valence-electron chi connectivity index (χ2n) is 8.33. The Morgan fingerprint density at radius 2 is 2.03 bits per heavy atom. The summed E-state index contributed by atoms with van der Waals surface area (Å²) in [7, 11) is 4.43. The number of carbonyl (C=O) groups is 1. The Hall–Kier alpha value is -3.21. The molecule has 1 amide bonds. The lowest BCUT2D eigenvalue weighted by Crippen LogP contribution is -2.51. The number of rotatable bonds is 5. The Morgan fingerprint density at radius 3 is 2.70 bits per heavy atom. The number of alkyl halides is 2. The van der Waals surface area contributed by atoms with Crippen molar-refractivity contribution in [3.05, 3.63) is 30.0 Å². The summed E-state index contributed by atoms with van der Waals surface area (Å²) in [5.41, 5.74) is 1.27. The summed E-state index contributed by atoms with van der Waals surface area (Å²) in [6.45, 7) is -0.628. The summed E-state index contributed by atoms with van der Waals surface area (Å²) in [5.74, 6) is -2.66. The SMILES string of the molecule is CNC(=O)c1ccc(Nc2ncc3c(n2)N(C2CCCC2)CC(F)(F)C(O)N3C)c(OC)c1. The highest BCUT2D eigenvalue weighted by atomic mass is 19.3. The second-order valence-corrected chi connectivity index (χ2v) is 8.33. The highest BCUT2D eigenvalue weighted by Crippen LogP contribution is 2.41. The Balaban J connectivity index is 1.71. The lowest BCUT2D eigenvalue weighted by Gasteiger charge is -2.32. The molecule has 2 heterocycles. The highest BCUT2D eigenvalue weighted by Gasteiger charge is 2.48. The molecule has 11 heteroatoms. The molecular formula is C22H28F2N6O3. The van der Waals surface area contributed by atoms with E-state index in [0.717, 1.165) is 30.6 Å². The van der Waals surface area contributed by atoms with E-state index in [1.54, 1.807) is 23.1 Å². The largest absolute Gasteiger partial charge is 0.495 e. The van der Waals surface area contributed by atoms with Crippen LogP contribution in [0.2, 0.25) is 0 Å². The number of aromatic nitrogens is 2. The maximum Gasteiger partial charge on any atom is 0.308 e. The van der Waals surface area contributed by atoms with Gasteiger partial charge in [0.2, 0.25) is 5.95 Å². The number of hydrogen-bond donors (Lipinski definition) is 3. The van der Waals surface area contributed by atoms with E-state index < -0.39 is 18.7 Å². The van der Waals surface area contributed by atoms with Gasteiger partial charge in [0.15, 0.2) is 12.0 Å². The van der Waals surface area contributed by atoms with Crippen molar-refractivity contribution < 1.29 is 23.4 Å². The fraction of sp³-hybridized carbons (Fsp3) is 0.500. The minimum Gasteiger partial charge on any atom is -0.495 e. The molecule has 3 N–H and O–H groups in total. The zero-order valence-electron chi connectivity index (χ0n) is 18.8. The molecule has 1 aromatic carbocycles. The number of nitrogens with one attached hydrogen (secondary N) is 2. The molecule has 1 unspecified atom stereocenters. The van der Waals surface area contributed by atoms with Crippen molar-refractivity contribution in [1.29, 1.82) is 0 Å². The van der Waals surface area contributed by atoms with E-state index in [0.29, 0.717) is 28.5 Å². The average Bonchev–Trinajstić information content (AvgIpc) is 3.34. The molecule has 1 fully saturated rings. The molecule has 2 aliphatic rings. The van der Waals surface area contributed by atoms with Gasteiger partial charge in [-0.2, -0.15) is 13.8 Å². The predicted molar refractivity (Wildman–Crippen MR) is 121 cm³/mol. The molecule has 1 atom stereocenters. The standard InChI is InChI=1S/C22H28F2N6O3/c1-25-19(31)13-8-9-15(17(10-13)33-3)27-21-26-11-16-18(28-21)30(14-6-4-5-7-14)12-22(23,24)20(32)29(16)2/h8-11,14,20,32H,4-7,12H2,1-3H3,(H,25,31)(H,26,27,28). The summed E-state index contributed by atoms with van der Waals surface area (Å²) in [6.07, 6.45) is 2.95. The van der Waals surface area contributed by atoms with Crippen LogP contribution in [0.1, 0.15) is 36.0 Å². The number of ether oxygens (including phenoxy) is 1. The summed E-state index contributed by atoms with van der Waals surface area (Å²) in [6, 6.07) is 4.79. The van der Waals surface area contributed by atoms with Gasteiger partial charge in [0.05, 0.1) is 25.5 Å². The van der Waals surface area contributed by atoms with E-state index in [1.807, 2.05) is 0 Å². The van der Waals surface area contributed by atoms with Gasteiger partial charge in [-0.1, -0.05) is 12.8 Å². The third kappa shape index (κ3) is 4.37. The summed E-state index contributed by atoms with van der Waals surface area (Å²) < 4.78 is 35.0. The average molecular weight is 463 g/mol. The van der Waals surface area contributed by atoms with Gasteiger partial charge in [-0.25, -0.2) is 4.98 Å². The number of amides is 1. The number of methoxy groups -OCH3 is 1. The smallest absolute Gasteiger partial charge is 0.308 e. The van der Waals surface area contributed by atoms with Gasteiger partial charge in [0.1, 0.15) is 11.4 Å². The van der Waals surface area contributed by atoms with Gasteiger partial charge < -0.3 is 30.3 Å². The molecule has 178 valence electrons. The Kier molecular flexibility index (Phi) is 6.24. The Morgan fingerprint density at radius 1 is 1.30 bits per heavy atom. The number of anilines is 4. The zero-order valence-corrected chi connectivity index (χ0v) is 18.8. The first kappa shape index (κ1) is 23.0. The topological polar surface area (TPSA) is 103 Å². The number of fused-ring (bicyclic) bond motifs is 1. The van der Waals surface area contributed by atoms with Crippen LogP contribution in [-0.2, 0) is 0 Å². The molecule has 0 bridgehead atoms. The number of benzene rings is 1. The molecule has 9 nitrogen and oxygen atoms in total. The maximum atomic E-state index is 14.8. The minimum atomic E-state index is -3.34. The van der Waals surface area contributed by atoms with Crippen LogP contribution in [-0.4, -0.2) is 66.9 Å². The van der Waals surface area contributed by atoms with Gasteiger partial charge in [0, 0.05) is 25.7 Å². The van der Waals surface area contributed by atoms with Crippen molar-refractivity contribution >= 4 is 29.0 Å². The summed E-state index contributed by atoms with van der Waals surface area (Å²) in [5, 5.41) is 15.9. The predicted octanol–water partition coefficient (Wildman–Crippen LogP) is 2.74. The van der Waals surface area contributed by atoms with Crippen LogP contribution >= 0.6 is 0 Å². The first-order chi connectivity index (χ1) is 15.7. The molecule has 0 saturated heterocycles. The highest BCUT2D eigenvalue weighted by molar-refractivity contribution is 5.95. The fourth-order valence-corrected chi connectivity index (χ4v) is 4.40. The van der Waals surface area contributed by atoms with Crippen molar-refractivity contribution in [3.63, 3.8) is 0 Å². The Bertz CT molecular complexity index is 1030. The van der Waals surface area contributed by atoms with Gasteiger partial charge in [-0.05, 0) is 31.0 Å². The quantitative estimate of drug-likeness (QED) is 0.624. The van der Waals surface area contributed by atoms with E-state index in [1.165, 1.54) is 27.4 Å².